The molecule has 0 bridgehead atoms. The number of hydrogen-bond acceptors (Lipinski definition) is 2. The maximum atomic E-state index is 9.63. The normalized spacial score (nSPS) is 9.14. The molecule has 0 radical (unpaired) electrons. The highest BCUT2D eigenvalue weighted by Gasteiger charge is 1.79. The summed E-state index contributed by atoms with van der Waals surface area (Å²) >= 11 is 4.64. The molecular formula is C3H9ClO2S. The van der Waals surface area contributed by atoms with E-state index in [1.807, 2.05) is 0 Å². The Bertz CT molecular complexity index is 96.1. The van der Waals surface area contributed by atoms with Crippen LogP contribution in [0, 0.1) is 0 Å². The largest absolute Gasteiger partial charge is 0.229 e. The van der Waals surface area contributed by atoms with Crippen molar-refractivity contribution in [3.8, 4) is 0 Å². The van der Waals surface area contributed by atoms with Gasteiger partial charge in [-0.3, -0.25) is 0 Å². The van der Waals surface area contributed by atoms with Gasteiger partial charge < -0.3 is 0 Å². The van der Waals surface area contributed by atoms with Crippen molar-refractivity contribution >= 4 is 21.4 Å². The highest BCUT2D eigenvalue weighted by atomic mass is 35.5. The van der Waals surface area contributed by atoms with Crippen molar-refractivity contribution in [1.29, 1.82) is 0 Å². The van der Waals surface area contributed by atoms with E-state index in [1.54, 1.807) is 0 Å². The van der Waals surface area contributed by atoms with Crippen molar-refractivity contribution in [3.63, 3.8) is 0 Å². The first-order chi connectivity index (χ1) is 3.00. The molecule has 0 aromatic carbocycles. The molecule has 4 heteroatoms. The average Bonchev–Trinajstić information content (AvgIpc) is 1.36. The van der Waals surface area contributed by atoms with Gasteiger partial charge in [0.2, 0.25) is 0 Å². The SMILES string of the molecule is CCl.CS(C)(=O)=O. The molecule has 0 N–H and O–H groups in total. The van der Waals surface area contributed by atoms with Crippen LogP contribution in [0.25, 0.3) is 0 Å². The fraction of sp³-hybridized carbons (Fsp3) is 1.00. The molecule has 0 aliphatic carbocycles. The van der Waals surface area contributed by atoms with Crippen LogP contribution in [0.15, 0.2) is 0 Å². The zero-order valence-electron chi connectivity index (χ0n) is 4.60. The third-order valence-electron chi connectivity index (χ3n) is 0. The van der Waals surface area contributed by atoms with E-state index >= 15 is 0 Å². The van der Waals surface area contributed by atoms with Crippen LogP contribution >= 0.6 is 11.6 Å². The van der Waals surface area contributed by atoms with Gasteiger partial charge in [0.15, 0.2) is 0 Å². The number of alkyl halides is 1. The summed E-state index contributed by atoms with van der Waals surface area (Å²) in [6.45, 7) is 0. The van der Waals surface area contributed by atoms with Crippen molar-refractivity contribution in [2.24, 2.45) is 0 Å². The molecule has 7 heavy (non-hydrogen) atoms. The van der Waals surface area contributed by atoms with Crippen molar-refractivity contribution < 1.29 is 8.42 Å². The standard InChI is InChI=1S/C2H6O2S.CH3Cl/c1-5(2,3)4;1-2/h1-2H3;1H3. The minimum Gasteiger partial charge on any atom is -0.229 e. The highest BCUT2D eigenvalue weighted by Crippen LogP contribution is 1.61. The second kappa shape index (κ2) is 4.40. The van der Waals surface area contributed by atoms with Crippen LogP contribution in [0.4, 0.5) is 0 Å². The molecule has 0 fully saturated rings. The lowest BCUT2D eigenvalue weighted by molar-refractivity contribution is 0.607. The van der Waals surface area contributed by atoms with Crippen LogP contribution in [-0.2, 0) is 9.84 Å². The summed E-state index contributed by atoms with van der Waals surface area (Å²) in [5.74, 6) is 0. The minimum atomic E-state index is -2.67. The molecule has 0 amide bonds. The fourth-order valence-electron chi connectivity index (χ4n) is 0. The molecule has 0 aliphatic heterocycles. The zero-order chi connectivity index (χ0) is 6.50. The monoisotopic (exact) mass is 144 g/mol. The van der Waals surface area contributed by atoms with Gasteiger partial charge in [-0.2, -0.15) is 0 Å². The van der Waals surface area contributed by atoms with Crippen molar-refractivity contribution in [2.75, 3.05) is 18.9 Å². The minimum absolute atomic E-state index is 1.16. The van der Waals surface area contributed by atoms with E-state index in [-0.39, 0.29) is 0 Å². The first-order valence-corrected chi connectivity index (χ1v) is 4.58. The maximum Gasteiger partial charge on any atom is 0.144 e. The lowest BCUT2D eigenvalue weighted by Gasteiger charge is -1.69. The molecule has 0 heterocycles. The van der Waals surface area contributed by atoms with Gasteiger partial charge >= 0.3 is 0 Å². The highest BCUT2D eigenvalue weighted by molar-refractivity contribution is 7.89. The molecule has 0 aromatic rings. The van der Waals surface area contributed by atoms with Crippen molar-refractivity contribution in [3.05, 3.63) is 0 Å². The lowest BCUT2D eigenvalue weighted by atomic mass is 11.9. The van der Waals surface area contributed by atoms with E-state index in [1.165, 1.54) is 6.38 Å². The third-order valence-corrected chi connectivity index (χ3v) is 0. The van der Waals surface area contributed by atoms with Gasteiger partial charge in [-0.25, -0.2) is 8.42 Å². The molecular weight excluding hydrogens is 136 g/mol. The molecule has 0 saturated heterocycles. The molecule has 0 rings (SSSR count). The summed E-state index contributed by atoms with van der Waals surface area (Å²) < 4.78 is 19.3. The van der Waals surface area contributed by atoms with E-state index in [0.717, 1.165) is 12.5 Å². The second-order valence-electron chi connectivity index (χ2n) is 1.14. The topological polar surface area (TPSA) is 34.1 Å². The van der Waals surface area contributed by atoms with Gasteiger partial charge in [0.1, 0.15) is 9.84 Å². The molecule has 0 unspecified atom stereocenters. The molecule has 46 valence electrons. The van der Waals surface area contributed by atoms with Crippen LogP contribution in [0.1, 0.15) is 0 Å². The summed E-state index contributed by atoms with van der Waals surface area (Å²) in [5.41, 5.74) is 0. The number of halogens is 1. The number of rotatable bonds is 0. The Morgan fingerprint density at radius 2 is 1.14 bits per heavy atom. The smallest absolute Gasteiger partial charge is 0.144 e. The fourth-order valence-corrected chi connectivity index (χ4v) is 0. The van der Waals surface area contributed by atoms with E-state index in [2.05, 4.69) is 11.6 Å². The summed E-state index contributed by atoms with van der Waals surface area (Å²) in [6.07, 6.45) is 3.79. The Morgan fingerprint density at radius 1 is 1.14 bits per heavy atom. The Balaban J connectivity index is 0. The Morgan fingerprint density at radius 3 is 1.14 bits per heavy atom. The molecule has 0 aromatic heterocycles. The first-order valence-electron chi connectivity index (χ1n) is 1.53. The predicted molar refractivity (Wildman–Crippen MR) is 32.5 cm³/mol. The Labute approximate surface area is 49.4 Å². The van der Waals surface area contributed by atoms with Crippen LogP contribution in [0.2, 0.25) is 0 Å². The summed E-state index contributed by atoms with van der Waals surface area (Å²) in [6, 6.07) is 0. The van der Waals surface area contributed by atoms with Gasteiger partial charge in [-0.05, 0) is 0 Å². The van der Waals surface area contributed by atoms with Gasteiger partial charge in [0.25, 0.3) is 0 Å². The van der Waals surface area contributed by atoms with Gasteiger partial charge in [0, 0.05) is 18.9 Å². The lowest BCUT2D eigenvalue weighted by Crippen LogP contribution is -1.86. The molecule has 0 atom stereocenters. The van der Waals surface area contributed by atoms with Crippen LogP contribution in [0.3, 0.4) is 0 Å². The quantitative estimate of drug-likeness (QED) is 0.465. The maximum absolute atomic E-state index is 9.63. The summed E-state index contributed by atoms with van der Waals surface area (Å²) in [4.78, 5) is 0. The van der Waals surface area contributed by atoms with Crippen LogP contribution in [0.5, 0.6) is 0 Å². The number of sulfone groups is 1. The number of hydrogen-bond donors (Lipinski definition) is 0. The van der Waals surface area contributed by atoms with E-state index in [9.17, 15) is 8.42 Å². The zero-order valence-corrected chi connectivity index (χ0v) is 6.18. The van der Waals surface area contributed by atoms with E-state index in [4.69, 9.17) is 0 Å². The van der Waals surface area contributed by atoms with Gasteiger partial charge in [-0.15, -0.1) is 11.6 Å². The third kappa shape index (κ3) is 1950. The van der Waals surface area contributed by atoms with Crippen molar-refractivity contribution in [1.82, 2.24) is 0 Å². The van der Waals surface area contributed by atoms with Gasteiger partial charge in [0.05, 0.1) is 0 Å². The first kappa shape index (κ1) is 10.3. The summed E-state index contributed by atoms with van der Waals surface area (Å²) in [5, 5.41) is 0. The Hall–Kier alpha value is 0.240. The molecule has 2 nitrogen and oxygen atoms in total. The van der Waals surface area contributed by atoms with Crippen LogP contribution < -0.4 is 0 Å². The Kier molecular flexibility index (Phi) is 6.45. The van der Waals surface area contributed by atoms with Crippen molar-refractivity contribution in [2.45, 2.75) is 0 Å². The van der Waals surface area contributed by atoms with E-state index in [0.29, 0.717) is 0 Å². The second-order valence-corrected chi connectivity index (χ2v) is 3.43. The van der Waals surface area contributed by atoms with Gasteiger partial charge in [-0.1, -0.05) is 0 Å². The average molecular weight is 145 g/mol. The molecule has 0 saturated carbocycles. The predicted octanol–water partition coefficient (Wildman–Crippen LogP) is 0.516. The van der Waals surface area contributed by atoms with E-state index < -0.39 is 9.84 Å². The molecule has 0 spiro atoms. The van der Waals surface area contributed by atoms with Crippen LogP contribution in [-0.4, -0.2) is 27.3 Å². The summed E-state index contributed by atoms with van der Waals surface area (Å²) in [7, 11) is -2.67. The molecule has 0 aliphatic rings.